The number of nitrogens with zero attached hydrogens (tertiary/aromatic N) is 1. The molecule has 0 aliphatic heterocycles. The van der Waals surface area contributed by atoms with E-state index in [0.717, 1.165) is 0 Å². The van der Waals surface area contributed by atoms with E-state index >= 15 is 0 Å². The highest BCUT2D eigenvalue weighted by Gasteiger charge is 2.36. The lowest BCUT2D eigenvalue weighted by molar-refractivity contribution is -0.132. The third kappa shape index (κ3) is 1.92. The minimum absolute atomic E-state index is 1.39. The van der Waals surface area contributed by atoms with Gasteiger partial charge in [-0.1, -0.05) is 0 Å². The first kappa shape index (κ1) is 7.42. The molecular weight excluding hydrogens is 143 g/mol. The number of rotatable bonds is 1. The standard InChI is InChI=1S/C2ClF2NO2/c3-2(4,5)1(7)6-8. The maximum absolute atomic E-state index is 11.2. The molecule has 0 bridgehead atoms. The van der Waals surface area contributed by atoms with Gasteiger partial charge in [0.25, 0.3) is 0 Å². The quantitative estimate of drug-likeness (QED) is 0.408. The van der Waals surface area contributed by atoms with Crippen molar-refractivity contribution in [2.45, 2.75) is 5.38 Å². The summed E-state index contributed by atoms with van der Waals surface area (Å²) in [5.74, 6) is -2.17. The highest BCUT2D eigenvalue weighted by Crippen LogP contribution is 2.19. The van der Waals surface area contributed by atoms with Gasteiger partial charge in [-0.25, -0.2) is 0 Å². The Morgan fingerprint density at radius 1 is 1.62 bits per heavy atom. The molecule has 6 heteroatoms. The minimum Gasteiger partial charge on any atom is -0.260 e. The smallest absolute Gasteiger partial charge is 0.260 e. The van der Waals surface area contributed by atoms with Crippen LogP contribution in [0, 0.1) is 4.91 Å². The fraction of sp³-hybridized carbons (Fsp3) is 0.500. The summed E-state index contributed by atoms with van der Waals surface area (Å²) in [6.07, 6.45) is 0. The summed E-state index contributed by atoms with van der Waals surface area (Å²) >= 11 is 4.01. The Kier molecular flexibility index (Phi) is 1.97. The second-order valence-corrected chi connectivity index (χ2v) is 1.37. The van der Waals surface area contributed by atoms with Crippen LogP contribution in [0.2, 0.25) is 0 Å². The van der Waals surface area contributed by atoms with Gasteiger partial charge in [0.1, 0.15) is 0 Å². The summed E-state index contributed by atoms with van der Waals surface area (Å²) in [6, 6.07) is 0. The van der Waals surface area contributed by atoms with Gasteiger partial charge in [-0.3, -0.25) is 4.79 Å². The van der Waals surface area contributed by atoms with Gasteiger partial charge in [-0.2, -0.15) is 8.78 Å². The van der Waals surface area contributed by atoms with Crippen molar-refractivity contribution in [3.05, 3.63) is 4.91 Å². The molecule has 0 saturated heterocycles. The second kappa shape index (κ2) is 2.13. The Balaban J connectivity index is 4.02. The van der Waals surface area contributed by atoms with Gasteiger partial charge in [-0.15, -0.1) is 4.91 Å². The van der Waals surface area contributed by atoms with E-state index in [2.05, 4.69) is 11.6 Å². The zero-order valence-corrected chi connectivity index (χ0v) is 4.15. The van der Waals surface area contributed by atoms with Gasteiger partial charge in [0.05, 0.1) is 0 Å². The Bertz CT molecular complexity index is 120. The van der Waals surface area contributed by atoms with Crippen LogP contribution >= 0.6 is 11.6 Å². The summed E-state index contributed by atoms with van der Waals surface area (Å²) in [4.78, 5) is 18.5. The summed E-state index contributed by atoms with van der Waals surface area (Å²) in [5.41, 5.74) is 0. The van der Waals surface area contributed by atoms with Crippen molar-refractivity contribution in [1.82, 2.24) is 0 Å². The molecule has 0 aromatic rings. The highest BCUT2D eigenvalue weighted by molar-refractivity contribution is 6.32. The van der Waals surface area contributed by atoms with Crippen LogP contribution in [0.15, 0.2) is 5.18 Å². The van der Waals surface area contributed by atoms with E-state index in [9.17, 15) is 13.6 Å². The number of hydrogen-bond donors (Lipinski definition) is 0. The lowest BCUT2D eigenvalue weighted by Gasteiger charge is -1.95. The molecule has 0 radical (unpaired) electrons. The molecule has 8 heavy (non-hydrogen) atoms. The van der Waals surface area contributed by atoms with Crippen LogP contribution < -0.4 is 0 Å². The lowest BCUT2D eigenvalue weighted by Crippen LogP contribution is -2.17. The Morgan fingerprint density at radius 2 is 2.00 bits per heavy atom. The molecule has 0 saturated carbocycles. The van der Waals surface area contributed by atoms with Crippen molar-refractivity contribution >= 4 is 17.5 Å². The van der Waals surface area contributed by atoms with Crippen LogP contribution in [0.1, 0.15) is 0 Å². The Hall–Kier alpha value is -0.580. The zero-order chi connectivity index (χ0) is 6.78. The van der Waals surface area contributed by atoms with Crippen molar-refractivity contribution in [3.63, 3.8) is 0 Å². The van der Waals surface area contributed by atoms with Gasteiger partial charge < -0.3 is 0 Å². The van der Waals surface area contributed by atoms with E-state index < -0.39 is 11.3 Å². The summed E-state index contributed by atoms with van der Waals surface area (Å²) < 4.78 is 22.5. The number of hydrogen-bond acceptors (Lipinski definition) is 2. The number of nitroso groups, excluding NO2 is 1. The second-order valence-electron chi connectivity index (χ2n) is 0.894. The molecule has 0 aromatic heterocycles. The zero-order valence-electron chi connectivity index (χ0n) is 3.40. The van der Waals surface area contributed by atoms with E-state index in [4.69, 9.17) is 4.91 Å². The SMILES string of the molecule is O=NC(=O)C(F)(F)Cl. The molecule has 0 fully saturated rings. The molecule has 0 unspecified atom stereocenters. The van der Waals surface area contributed by atoms with Crippen LogP contribution in [0.5, 0.6) is 0 Å². The first-order valence-electron chi connectivity index (χ1n) is 1.43. The number of alkyl halides is 3. The van der Waals surface area contributed by atoms with Crippen LogP contribution in [0.25, 0.3) is 0 Å². The van der Waals surface area contributed by atoms with Gasteiger partial charge in [0.2, 0.25) is 0 Å². The highest BCUT2D eigenvalue weighted by atomic mass is 35.5. The largest absolute Gasteiger partial charge is 0.405 e. The lowest BCUT2D eigenvalue weighted by atomic mass is 10.7. The summed E-state index contributed by atoms with van der Waals surface area (Å²) in [6.45, 7) is 0. The third-order valence-corrected chi connectivity index (χ3v) is 0.487. The van der Waals surface area contributed by atoms with E-state index in [0.29, 0.717) is 0 Å². The first-order valence-corrected chi connectivity index (χ1v) is 1.81. The molecule has 0 atom stereocenters. The molecule has 3 nitrogen and oxygen atoms in total. The van der Waals surface area contributed by atoms with E-state index in [-0.39, 0.29) is 0 Å². The molecule has 0 aliphatic rings. The van der Waals surface area contributed by atoms with Crippen molar-refractivity contribution in [2.24, 2.45) is 5.18 Å². The maximum Gasteiger partial charge on any atom is 0.405 e. The van der Waals surface area contributed by atoms with Crippen LogP contribution in [-0.2, 0) is 4.79 Å². The minimum atomic E-state index is -4.14. The molecule has 0 heterocycles. The van der Waals surface area contributed by atoms with Gasteiger partial charge in [0, 0.05) is 5.18 Å². The molecule has 0 spiro atoms. The van der Waals surface area contributed by atoms with Crippen LogP contribution in [0.3, 0.4) is 0 Å². The van der Waals surface area contributed by atoms with Crippen molar-refractivity contribution in [2.75, 3.05) is 0 Å². The van der Waals surface area contributed by atoms with Crippen molar-refractivity contribution in [3.8, 4) is 0 Å². The molecule has 1 amide bonds. The molecule has 0 aromatic carbocycles. The monoisotopic (exact) mass is 143 g/mol. The molecular formula is C2ClF2NO2. The van der Waals surface area contributed by atoms with E-state index in [1.165, 1.54) is 5.18 Å². The molecule has 0 rings (SSSR count). The Morgan fingerprint density at radius 3 is 2.00 bits per heavy atom. The van der Waals surface area contributed by atoms with E-state index in [1.54, 1.807) is 0 Å². The fourth-order valence-corrected chi connectivity index (χ4v) is 0.0863. The van der Waals surface area contributed by atoms with Gasteiger partial charge >= 0.3 is 11.3 Å². The number of halogens is 3. The summed E-state index contributed by atoms with van der Waals surface area (Å²) in [5, 5.41) is -2.75. The number of amides is 1. The van der Waals surface area contributed by atoms with Crippen LogP contribution in [0.4, 0.5) is 8.78 Å². The topological polar surface area (TPSA) is 46.5 Å². The van der Waals surface area contributed by atoms with Crippen molar-refractivity contribution < 1.29 is 13.6 Å². The normalized spacial score (nSPS) is 10.9. The fourth-order valence-electron chi connectivity index (χ4n) is 0.0518. The summed E-state index contributed by atoms with van der Waals surface area (Å²) in [7, 11) is 0. The first-order chi connectivity index (χ1) is 3.48. The molecule has 0 aliphatic carbocycles. The maximum atomic E-state index is 11.2. The number of carbonyl (C=O) groups excluding carboxylic acids is 1. The van der Waals surface area contributed by atoms with Gasteiger partial charge in [-0.05, 0) is 11.6 Å². The third-order valence-electron chi connectivity index (χ3n) is 0.325. The molecule has 0 N–H and O–H groups in total. The average molecular weight is 143 g/mol. The van der Waals surface area contributed by atoms with Gasteiger partial charge in [0.15, 0.2) is 0 Å². The predicted octanol–water partition coefficient (Wildman–Crippen LogP) is 1.11. The number of carbonyl (C=O) groups is 1. The average Bonchev–Trinajstić information content (AvgIpc) is 1.62. The predicted molar refractivity (Wildman–Crippen MR) is 21.6 cm³/mol. The van der Waals surface area contributed by atoms with Crippen LogP contribution in [-0.4, -0.2) is 11.3 Å². The Labute approximate surface area is 47.6 Å². The van der Waals surface area contributed by atoms with E-state index in [1.807, 2.05) is 0 Å². The van der Waals surface area contributed by atoms with Crippen molar-refractivity contribution in [1.29, 1.82) is 0 Å². The molecule has 46 valence electrons.